The molecule has 0 radical (unpaired) electrons. The fraction of sp³-hybridized carbons (Fsp3) is 0.0833. The van der Waals surface area contributed by atoms with Gasteiger partial charge < -0.3 is 20.7 Å². The van der Waals surface area contributed by atoms with Crippen LogP contribution in [0, 0.1) is 11.6 Å². The molecular formula is C24H16F5N5O3. The number of carbonyl (C=O) groups excluding carboxylic acids is 2. The van der Waals surface area contributed by atoms with Crippen molar-refractivity contribution < 1.29 is 36.3 Å². The summed E-state index contributed by atoms with van der Waals surface area (Å²) in [5, 5.41) is 7.36. The standard InChI is InChI=1S/C24H16F5N5O3/c1-30-21(35)20-16-8-2-12(25)10-19(16)33-23(34-20)37-15-6-3-13(4-7-15)31-22(36)32-14-5-9-18(26)17(11-14)24(27,28)29/h2-11H,1H3,(H,30,35)(H2,31,32,36). The summed E-state index contributed by atoms with van der Waals surface area (Å²) in [6, 6.07) is 10.3. The van der Waals surface area contributed by atoms with Gasteiger partial charge in [0.15, 0.2) is 0 Å². The van der Waals surface area contributed by atoms with Crippen LogP contribution >= 0.6 is 0 Å². The number of rotatable bonds is 5. The topological polar surface area (TPSA) is 105 Å². The van der Waals surface area contributed by atoms with Gasteiger partial charge in [0.25, 0.3) is 5.91 Å². The largest absolute Gasteiger partial charge is 0.424 e. The second-order valence-corrected chi connectivity index (χ2v) is 7.49. The molecule has 8 nitrogen and oxygen atoms in total. The molecule has 37 heavy (non-hydrogen) atoms. The van der Waals surface area contributed by atoms with Crippen LogP contribution in [0.15, 0.2) is 60.7 Å². The minimum Gasteiger partial charge on any atom is -0.424 e. The number of anilines is 2. The fourth-order valence-electron chi connectivity index (χ4n) is 3.24. The Bertz CT molecular complexity index is 1490. The van der Waals surface area contributed by atoms with Gasteiger partial charge in [0.2, 0.25) is 0 Å². The molecule has 3 amide bonds. The van der Waals surface area contributed by atoms with Crippen molar-refractivity contribution in [1.82, 2.24) is 15.3 Å². The van der Waals surface area contributed by atoms with E-state index >= 15 is 0 Å². The van der Waals surface area contributed by atoms with Crippen LogP contribution in [0.4, 0.5) is 38.1 Å². The van der Waals surface area contributed by atoms with Crippen molar-refractivity contribution in [2.75, 3.05) is 17.7 Å². The van der Waals surface area contributed by atoms with Gasteiger partial charge in [-0.15, -0.1) is 0 Å². The fourth-order valence-corrected chi connectivity index (χ4v) is 3.24. The smallest absolute Gasteiger partial charge is 0.419 e. The predicted molar refractivity (Wildman–Crippen MR) is 123 cm³/mol. The zero-order valence-corrected chi connectivity index (χ0v) is 18.8. The zero-order valence-electron chi connectivity index (χ0n) is 18.8. The lowest BCUT2D eigenvalue weighted by molar-refractivity contribution is -0.139. The third kappa shape index (κ3) is 5.89. The first-order valence-electron chi connectivity index (χ1n) is 10.5. The molecular weight excluding hydrogens is 501 g/mol. The molecule has 0 bridgehead atoms. The lowest BCUT2D eigenvalue weighted by Crippen LogP contribution is -2.20. The first kappa shape index (κ1) is 25.3. The molecule has 190 valence electrons. The minimum absolute atomic E-state index is 0.0214. The summed E-state index contributed by atoms with van der Waals surface area (Å²) < 4.78 is 71.2. The molecule has 0 aliphatic rings. The van der Waals surface area contributed by atoms with E-state index in [4.69, 9.17) is 4.74 Å². The average molecular weight is 517 g/mol. The van der Waals surface area contributed by atoms with Crippen molar-refractivity contribution in [1.29, 1.82) is 0 Å². The van der Waals surface area contributed by atoms with Crippen molar-refractivity contribution in [3.8, 4) is 11.8 Å². The molecule has 0 aliphatic carbocycles. The number of nitrogens with one attached hydrogen (secondary N) is 3. The lowest BCUT2D eigenvalue weighted by Gasteiger charge is -2.12. The Kier molecular flexibility index (Phi) is 6.87. The van der Waals surface area contributed by atoms with E-state index in [1.165, 1.54) is 43.4 Å². The maximum atomic E-state index is 13.7. The van der Waals surface area contributed by atoms with E-state index < -0.39 is 35.3 Å². The van der Waals surface area contributed by atoms with Crippen molar-refractivity contribution in [2.45, 2.75) is 6.18 Å². The summed E-state index contributed by atoms with van der Waals surface area (Å²) in [6.45, 7) is 0. The van der Waals surface area contributed by atoms with E-state index in [0.717, 1.165) is 12.1 Å². The zero-order chi connectivity index (χ0) is 26.7. The third-order valence-corrected chi connectivity index (χ3v) is 4.93. The molecule has 4 rings (SSSR count). The van der Waals surface area contributed by atoms with Gasteiger partial charge in [-0.05, 0) is 54.6 Å². The van der Waals surface area contributed by atoms with Gasteiger partial charge in [-0.2, -0.15) is 23.1 Å². The molecule has 0 spiro atoms. The van der Waals surface area contributed by atoms with Crippen molar-refractivity contribution in [3.63, 3.8) is 0 Å². The molecule has 13 heteroatoms. The van der Waals surface area contributed by atoms with Crippen LogP contribution in [-0.2, 0) is 6.18 Å². The van der Waals surface area contributed by atoms with Gasteiger partial charge in [0.1, 0.15) is 23.1 Å². The second-order valence-electron chi connectivity index (χ2n) is 7.49. The summed E-state index contributed by atoms with van der Waals surface area (Å²) in [4.78, 5) is 32.6. The van der Waals surface area contributed by atoms with E-state index in [1.807, 2.05) is 0 Å². The Hall–Kier alpha value is -4.81. The van der Waals surface area contributed by atoms with Crippen molar-refractivity contribution in [2.24, 2.45) is 0 Å². The molecule has 0 saturated carbocycles. The van der Waals surface area contributed by atoms with Crippen LogP contribution in [0.1, 0.15) is 16.1 Å². The maximum absolute atomic E-state index is 13.7. The number of nitrogens with zero attached hydrogens (tertiary/aromatic N) is 2. The first-order valence-corrected chi connectivity index (χ1v) is 10.5. The highest BCUT2D eigenvalue weighted by Crippen LogP contribution is 2.33. The van der Waals surface area contributed by atoms with Crippen LogP contribution in [0.25, 0.3) is 10.9 Å². The summed E-state index contributed by atoms with van der Waals surface area (Å²) in [6.07, 6.45) is -4.92. The monoisotopic (exact) mass is 517 g/mol. The molecule has 1 heterocycles. The van der Waals surface area contributed by atoms with Gasteiger partial charge in [0, 0.05) is 29.9 Å². The number of halogens is 5. The number of amides is 3. The predicted octanol–water partition coefficient (Wildman–Crippen LogP) is 5.72. The molecule has 1 aromatic heterocycles. The molecule has 0 aliphatic heterocycles. The van der Waals surface area contributed by atoms with Gasteiger partial charge >= 0.3 is 18.2 Å². The Morgan fingerprint density at radius 1 is 0.865 bits per heavy atom. The quantitative estimate of drug-likeness (QED) is 0.294. The molecule has 3 N–H and O–H groups in total. The van der Waals surface area contributed by atoms with E-state index in [0.29, 0.717) is 17.5 Å². The molecule has 0 fully saturated rings. The van der Waals surface area contributed by atoms with E-state index in [9.17, 15) is 31.5 Å². The van der Waals surface area contributed by atoms with Crippen molar-refractivity contribution >= 4 is 34.2 Å². The second kappa shape index (κ2) is 10.0. The molecule has 0 unspecified atom stereocenters. The summed E-state index contributed by atoms with van der Waals surface area (Å²) in [7, 11) is 1.41. The van der Waals surface area contributed by atoms with Crippen LogP contribution in [0.3, 0.4) is 0 Å². The van der Waals surface area contributed by atoms with E-state index in [1.54, 1.807) is 0 Å². The number of hydrogen-bond acceptors (Lipinski definition) is 5. The summed E-state index contributed by atoms with van der Waals surface area (Å²) >= 11 is 0. The molecule has 3 aromatic carbocycles. The molecule has 4 aromatic rings. The normalized spacial score (nSPS) is 11.2. The Morgan fingerprint density at radius 3 is 2.22 bits per heavy atom. The summed E-state index contributed by atoms with van der Waals surface area (Å²) in [5.74, 6) is -2.35. The van der Waals surface area contributed by atoms with Crippen LogP contribution in [0.2, 0.25) is 0 Å². The van der Waals surface area contributed by atoms with Crippen LogP contribution < -0.4 is 20.7 Å². The van der Waals surface area contributed by atoms with Crippen LogP contribution in [-0.4, -0.2) is 29.0 Å². The van der Waals surface area contributed by atoms with Gasteiger partial charge in [-0.1, -0.05) is 0 Å². The lowest BCUT2D eigenvalue weighted by atomic mass is 10.2. The van der Waals surface area contributed by atoms with E-state index in [2.05, 4.69) is 25.9 Å². The Morgan fingerprint density at radius 2 is 1.54 bits per heavy atom. The highest BCUT2D eigenvalue weighted by molar-refractivity contribution is 6.04. The number of carbonyl (C=O) groups is 2. The summed E-state index contributed by atoms with van der Waals surface area (Å²) in [5.41, 5.74) is -1.40. The Labute approximate surface area is 205 Å². The number of fused-ring (bicyclic) bond motifs is 1. The van der Waals surface area contributed by atoms with Gasteiger partial charge in [0.05, 0.1) is 11.1 Å². The number of hydrogen-bond donors (Lipinski definition) is 3. The maximum Gasteiger partial charge on any atom is 0.419 e. The number of urea groups is 1. The Balaban J connectivity index is 1.47. The number of benzene rings is 3. The highest BCUT2D eigenvalue weighted by atomic mass is 19.4. The van der Waals surface area contributed by atoms with Gasteiger partial charge in [-0.25, -0.2) is 13.6 Å². The molecule has 0 saturated heterocycles. The number of ether oxygens (including phenoxy) is 1. The minimum atomic E-state index is -4.92. The SMILES string of the molecule is CNC(=O)c1nc(Oc2ccc(NC(=O)Nc3ccc(F)c(C(F)(F)F)c3)cc2)nc2cc(F)ccc12. The molecule has 0 atom stereocenters. The first-order chi connectivity index (χ1) is 17.5. The van der Waals surface area contributed by atoms with Crippen molar-refractivity contribution in [3.05, 3.63) is 83.6 Å². The highest BCUT2D eigenvalue weighted by Gasteiger charge is 2.34. The number of aromatic nitrogens is 2. The van der Waals surface area contributed by atoms with Crippen LogP contribution in [0.5, 0.6) is 11.8 Å². The number of alkyl halides is 3. The van der Waals surface area contributed by atoms with E-state index in [-0.39, 0.29) is 34.3 Å². The average Bonchev–Trinajstić information content (AvgIpc) is 2.84. The van der Waals surface area contributed by atoms with Gasteiger partial charge in [-0.3, -0.25) is 4.79 Å². The third-order valence-electron chi connectivity index (χ3n) is 4.93.